The van der Waals surface area contributed by atoms with Gasteiger partial charge in [0.2, 0.25) is 0 Å². The summed E-state index contributed by atoms with van der Waals surface area (Å²) in [6.07, 6.45) is 4.62. The Morgan fingerprint density at radius 2 is 2.50 bits per heavy atom. The van der Waals surface area contributed by atoms with Crippen LogP contribution in [0.3, 0.4) is 0 Å². The minimum absolute atomic E-state index is 0.0432. The van der Waals surface area contributed by atoms with Gasteiger partial charge in [-0.3, -0.25) is 4.98 Å². The first-order valence-corrected chi connectivity index (χ1v) is 4.51. The van der Waals surface area contributed by atoms with Crippen molar-refractivity contribution in [2.75, 3.05) is 0 Å². The fraction of sp³-hybridized carbons (Fsp3) is 0.364. The molecule has 1 aromatic rings. The van der Waals surface area contributed by atoms with Crippen molar-refractivity contribution in [2.45, 2.75) is 19.3 Å². The Bertz CT molecular complexity index is 329. The van der Waals surface area contributed by atoms with Gasteiger partial charge in [-0.2, -0.15) is 5.26 Å². The summed E-state index contributed by atoms with van der Waals surface area (Å²) < 4.78 is 0. The Labute approximate surface area is 83.4 Å². The quantitative estimate of drug-likeness (QED) is 0.678. The molecule has 0 amide bonds. The van der Waals surface area contributed by atoms with Gasteiger partial charge in [0.25, 0.3) is 0 Å². The lowest BCUT2D eigenvalue weighted by atomic mass is 9.88. The summed E-state index contributed by atoms with van der Waals surface area (Å²) in [6, 6.07) is 5.73. The van der Waals surface area contributed by atoms with Crippen LogP contribution in [0.15, 0.2) is 24.5 Å². The third kappa shape index (κ3) is 2.40. The van der Waals surface area contributed by atoms with Gasteiger partial charge >= 0.3 is 0 Å². The van der Waals surface area contributed by atoms with Crippen LogP contribution in [0.1, 0.15) is 24.8 Å². The first-order valence-electron chi connectivity index (χ1n) is 4.51. The Kier molecular flexibility index (Phi) is 3.81. The number of carbonyl (C=O) groups is 1. The molecule has 0 fully saturated rings. The van der Waals surface area contributed by atoms with E-state index in [0.717, 1.165) is 11.8 Å². The Morgan fingerprint density at radius 1 is 1.71 bits per heavy atom. The number of pyridine rings is 1. The summed E-state index contributed by atoms with van der Waals surface area (Å²) in [5, 5.41) is 8.55. The van der Waals surface area contributed by atoms with Crippen molar-refractivity contribution in [3.63, 3.8) is 0 Å². The summed E-state index contributed by atoms with van der Waals surface area (Å²) >= 11 is 0. The van der Waals surface area contributed by atoms with Gasteiger partial charge < -0.3 is 4.79 Å². The lowest BCUT2D eigenvalue weighted by Gasteiger charge is -2.15. The highest BCUT2D eigenvalue weighted by atomic mass is 16.1. The van der Waals surface area contributed by atoms with Crippen LogP contribution in [-0.2, 0) is 4.79 Å². The fourth-order valence-corrected chi connectivity index (χ4v) is 1.39. The van der Waals surface area contributed by atoms with E-state index in [1.807, 2.05) is 13.0 Å². The average Bonchev–Trinajstić information content (AvgIpc) is 2.21. The number of nitriles is 1. The molecular weight excluding hydrogens is 176 g/mol. The highest BCUT2D eigenvalue weighted by Gasteiger charge is 2.18. The molecule has 2 atom stereocenters. The van der Waals surface area contributed by atoms with Gasteiger partial charge in [-0.25, -0.2) is 0 Å². The zero-order valence-corrected chi connectivity index (χ0v) is 8.05. The summed E-state index contributed by atoms with van der Waals surface area (Å²) in [4.78, 5) is 14.8. The smallest absolute Gasteiger partial charge is 0.127 e. The normalized spacial score (nSPS) is 14.0. The van der Waals surface area contributed by atoms with Crippen molar-refractivity contribution in [3.05, 3.63) is 30.1 Å². The van der Waals surface area contributed by atoms with E-state index >= 15 is 0 Å². The molecule has 0 N–H and O–H groups in total. The molecule has 0 aromatic carbocycles. The van der Waals surface area contributed by atoms with Gasteiger partial charge in [0.15, 0.2) is 0 Å². The predicted molar refractivity (Wildman–Crippen MR) is 52.4 cm³/mol. The second-order valence-corrected chi connectivity index (χ2v) is 3.29. The van der Waals surface area contributed by atoms with Crippen LogP contribution in [-0.4, -0.2) is 11.3 Å². The summed E-state index contributed by atoms with van der Waals surface area (Å²) in [5.41, 5.74) is 0.880. The molecule has 0 bridgehead atoms. The SMILES string of the molecule is CC(CC#N)C(C=O)c1cccnc1. The van der Waals surface area contributed by atoms with E-state index in [2.05, 4.69) is 11.1 Å². The highest BCUT2D eigenvalue weighted by molar-refractivity contribution is 5.62. The number of nitrogens with zero attached hydrogens (tertiary/aromatic N) is 2. The number of aromatic nitrogens is 1. The van der Waals surface area contributed by atoms with E-state index in [9.17, 15) is 4.79 Å². The number of rotatable bonds is 4. The molecule has 0 saturated heterocycles. The van der Waals surface area contributed by atoms with Gasteiger partial charge in [0.1, 0.15) is 6.29 Å². The van der Waals surface area contributed by atoms with Crippen molar-refractivity contribution in [3.8, 4) is 6.07 Å². The average molecular weight is 188 g/mol. The summed E-state index contributed by atoms with van der Waals surface area (Å²) in [5.74, 6) is -0.176. The number of aldehydes is 1. The molecule has 14 heavy (non-hydrogen) atoms. The van der Waals surface area contributed by atoms with Gasteiger partial charge in [0.05, 0.1) is 6.07 Å². The van der Waals surface area contributed by atoms with Crippen LogP contribution < -0.4 is 0 Å². The lowest BCUT2D eigenvalue weighted by Crippen LogP contribution is -2.10. The van der Waals surface area contributed by atoms with E-state index in [4.69, 9.17) is 5.26 Å². The maximum Gasteiger partial charge on any atom is 0.127 e. The maximum atomic E-state index is 10.9. The zero-order chi connectivity index (χ0) is 10.4. The second-order valence-electron chi connectivity index (χ2n) is 3.29. The number of carbonyl (C=O) groups excluding carboxylic acids is 1. The third-order valence-electron chi connectivity index (χ3n) is 2.24. The van der Waals surface area contributed by atoms with E-state index in [1.165, 1.54) is 0 Å². The Balaban J connectivity index is 2.83. The molecule has 3 nitrogen and oxygen atoms in total. The zero-order valence-electron chi connectivity index (χ0n) is 8.05. The van der Waals surface area contributed by atoms with Crippen LogP contribution in [0.25, 0.3) is 0 Å². The first kappa shape index (κ1) is 10.4. The van der Waals surface area contributed by atoms with E-state index < -0.39 is 0 Å². The summed E-state index contributed by atoms with van der Waals surface area (Å²) in [7, 11) is 0. The number of hydrogen-bond donors (Lipinski definition) is 0. The second kappa shape index (κ2) is 5.13. The molecule has 0 aliphatic rings. The van der Waals surface area contributed by atoms with Crippen LogP contribution >= 0.6 is 0 Å². The molecule has 1 aromatic heterocycles. The van der Waals surface area contributed by atoms with Crippen LogP contribution in [0, 0.1) is 17.2 Å². The third-order valence-corrected chi connectivity index (χ3v) is 2.24. The van der Waals surface area contributed by atoms with Gasteiger partial charge in [-0.1, -0.05) is 13.0 Å². The standard InChI is InChI=1S/C11H12N2O/c1-9(4-5-12)11(8-14)10-3-2-6-13-7-10/h2-3,6-9,11H,4H2,1H3. The van der Waals surface area contributed by atoms with Crippen LogP contribution in [0.5, 0.6) is 0 Å². The first-order chi connectivity index (χ1) is 6.79. The predicted octanol–water partition coefficient (Wildman–Crippen LogP) is 1.91. The molecular formula is C11H12N2O. The molecule has 0 radical (unpaired) electrons. The largest absolute Gasteiger partial charge is 0.303 e. The Hall–Kier alpha value is -1.69. The number of hydrogen-bond acceptors (Lipinski definition) is 3. The monoisotopic (exact) mass is 188 g/mol. The van der Waals surface area contributed by atoms with E-state index in [1.54, 1.807) is 18.5 Å². The van der Waals surface area contributed by atoms with Crippen LogP contribution in [0.4, 0.5) is 0 Å². The van der Waals surface area contributed by atoms with Gasteiger partial charge in [-0.05, 0) is 17.5 Å². The van der Waals surface area contributed by atoms with Crippen molar-refractivity contribution in [1.29, 1.82) is 5.26 Å². The maximum absolute atomic E-state index is 10.9. The molecule has 0 aliphatic heterocycles. The molecule has 1 heterocycles. The van der Waals surface area contributed by atoms with Crippen molar-refractivity contribution < 1.29 is 4.79 Å². The molecule has 1 rings (SSSR count). The van der Waals surface area contributed by atoms with E-state index in [0.29, 0.717) is 6.42 Å². The lowest BCUT2D eigenvalue weighted by molar-refractivity contribution is -0.109. The minimum atomic E-state index is -0.219. The van der Waals surface area contributed by atoms with Crippen molar-refractivity contribution in [2.24, 2.45) is 5.92 Å². The van der Waals surface area contributed by atoms with Crippen molar-refractivity contribution >= 4 is 6.29 Å². The van der Waals surface area contributed by atoms with Crippen molar-refractivity contribution in [1.82, 2.24) is 4.98 Å². The highest BCUT2D eigenvalue weighted by Crippen LogP contribution is 2.23. The Morgan fingerprint density at radius 3 is 3.00 bits per heavy atom. The molecule has 2 unspecified atom stereocenters. The summed E-state index contributed by atoms with van der Waals surface area (Å²) in [6.45, 7) is 1.90. The molecule has 0 saturated carbocycles. The molecule has 0 spiro atoms. The molecule has 72 valence electrons. The van der Waals surface area contributed by atoms with Gasteiger partial charge in [-0.15, -0.1) is 0 Å². The fourth-order valence-electron chi connectivity index (χ4n) is 1.39. The molecule has 0 aliphatic carbocycles. The minimum Gasteiger partial charge on any atom is -0.303 e. The van der Waals surface area contributed by atoms with Crippen LogP contribution in [0.2, 0.25) is 0 Å². The topological polar surface area (TPSA) is 53.8 Å². The van der Waals surface area contributed by atoms with E-state index in [-0.39, 0.29) is 11.8 Å². The molecule has 3 heteroatoms. The van der Waals surface area contributed by atoms with Gasteiger partial charge in [0, 0.05) is 24.7 Å².